The highest BCUT2D eigenvalue weighted by Crippen LogP contribution is 2.27. The quantitative estimate of drug-likeness (QED) is 0.686. The molecule has 0 saturated heterocycles. The number of nitrogens with two attached hydrogens (primary N) is 1. The van der Waals surface area contributed by atoms with Crippen molar-refractivity contribution in [1.29, 1.82) is 0 Å². The maximum atomic E-state index is 12.5. The van der Waals surface area contributed by atoms with Gasteiger partial charge in [0.1, 0.15) is 0 Å². The van der Waals surface area contributed by atoms with Crippen LogP contribution in [-0.2, 0) is 17.8 Å². The van der Waals surface area contributed by atoms with Gasteiger partial charge in [-0.15, -0.1) is 12.4 Å². The van der Waals surface area contributed by atoms with Crippen molar-refractivity contribution in [2.24, 2.45) is 5.73 Å². The van der Waals surface area contributed by atoms with Crippen molar-refractivity contribution < 1.29 is 9.59 Å². The number of urea groups is 1. The van der Waals surface area contributed by atoms with Crippen LogP contribution in [-0.4, -0.2) is 29.4 Å². The van der Waals surface area contributed by atoms with E-state index < -0.39 is 6.04 Å². The van der Waals surface area contributed by atoms with Gasteiger partial charge in [-0.2, -0.15) is 0 Å². The molecule has 156 valence electrons. The minimum absolute atomic E-state index is 0. The molecule has 1 aliphatic heterocycles. The van der Waals surface area contributed by atoms with Gasteiger partial charge in [0.15, 0.2) is 0 Å². The summed E-state index contributed by atoms with van der Waals surface area (Å²) in [6, 6.07) is 12.7. The third-order valence-corrected chi connectivity index (χ3v) is 5.05. The number of hydrogen-bond acceptors (Lipinski definition) is 3. The van der Waals surface area contributed by atoms with Gasteiger partial charge in [-0.3, -0.25) is 4.79 Å². The summed E-state index contributed by atoms with van der Waals surface area (Å²) in [7, 11) is 0. The Hall–Kier alpha value is -2.57. The third-order valence-electron chi connectivity index (χ3n) is 5.05. The standard InChI is InChI=1S/C22H28N4O2.ClH/c1-3-5-19(23)21(27)26-13-12-18-16(14-26)6-4-7-20(18)25-22(28)24-17-10-8-15(2)9-11-17;/h4,6-11,19H,3,5,12-14,23H2,1-2H3,(H2,24,25,28);1H. The molecule has 1 atom stereocenters. The van der Waals surface area contributed by atoms with E-state index in [1.807, 2.05) is 61.2 Å². The molecule has 1 heterocycles. The largest absolute Gasteiger partial charge is 0.337 e. The molecule has 2 aromatic carbocycles. The number of aryl methyl sites for hydroxylation is 1. The average molecular weight is 417 g/mol. The Morgan fingerprint density at radius 3 is 2.55 bits per heavy atom. The molecule has 4 N–H and O–H groups in total. The Bertz CT molecular complexity index is 854. The molecule has 2 aromatic rings. The number of carbonyl (C=O) groups is 2. The molecule has 0 bridgehead atoms. The van der Waals surface area contributed by atoms with Gasteiger partial charge in [0.25, 0.3) is 0 Å². The first-order valence-electron chi connectivity index (χ1n) is 9.77. The summed E-state index contributed by atoms with van der Waals surface area (Å²) in [5.74, 6) is 0.00276. The topological polar surface area (TPSA) is 87.5 Å². The average Bonchev–Trinajstić information content (AvgIpc) is 2.69. The van der Waals surface area contributed by atoms with Gasteiger partial charge in [0.05, 0.1) is 6.04 Å². The molecule has 1 unspecified atom stereocenters. The molecule has 29 heavy (non-hydrogen) atoms. The van der Waals surface area contributed by atoms with E-state index in [9.17, 15) is 9.59 Å². The second-order valence-electron chi connectivity index (χ2n) is 7.29. The van der Waals surface area contributed by atoms with Crippen molar-refractivity contribution in [2.45, 2.75) is 45.7 Å². The van der Waals surface area contributed by atoms with E-state index in [-0.39, 0.29) is 24.3 Å². The number of anilines is 2. The van der Waals surface area contributed by atoms with Crippen molar-refractivity contribution in [1.82, 2.24) is 4.90 Å². The predicted octanol–water partition coefficient (Wildman–Crippen LogP) is 4.07. The summed E-state index contributed by atoms with van der Waals surface area (Å²) >= 11 is 0. The van der Waals surface area contributed by atoms with Crippen LogP contribution >= 0.6 is 12.4 Å². The minimum Gasteiger partial charge on any atom is -0.337 e. The molecule has 6 nitrogen and oxygen atoms in total. The van der Waals surface area contributed by atoms with Gasteiger partial charge in [-0.1, -0.05) is 43.2 Å². The highest BCUT2D eigenvalue weighted by Gasteiger charge is 2.26. The molecular formula is C22H29ClN4O2. The van der Waals surface area contributed by atoms with Crippen LogP contribution in [0, 0.1) is 6.92 Å². The predicted molar refractivity (Wildman–Crippen MR) is 120 cm³/mol. The van der Waals surface area contributed by atoms with Crippen LogP contribution in [0.25, 0.3) is 0 Å². The Morgan fingerprint density at radius 2 is 1.86 bits per heavy atom. The number of rotatable bonds is 5. The lowest BCUT2D eigenvalue weighted by atomic mass is 9.97. The monoisotopic (exact) mass is 416 g/mol. The van der Waals surface area contributed by atoms with Crippen LogP contribution in [0.1, 0.15) is 36.5 Å². The first-order valence-corrected chi connectivity index (χ1v) is 9.77. The number of hydrogen-bond donors (Lipinski definition) is 3. The zero-order valence-electron chi connectivity index (χ0n) is 16.9. The third kappa shape index (κ3) is 5.71. The second-order valence-corrected chi connectivity index (χ2v) is 7.29. The van der Waals surface area contributed by atoms with Crippen LogP contribution in [0.15, 0.2) is 42.5 Å². The van der Waals surface area contributed by atoms with Gasteiger partial charge in [-0.05, 0) is 49.1 Å². The lowest BCUT2D eigenvalue weighted by Gasteiger charge is -2.32. The SMILES string of the molecule is CCCC(N)C(=O)N1CCc2c(cccc2NC(=O)Nc2ccc(C)cc2)C1.Cl. The first-order chi connectivity index (χ1) is 13.5. The number of nitrogens with one attached hydrogen (secondary N) is 2. The normalized spacial score (nSPS) is 13.7. The number of nitrogens with zero attached hydrogens (tertiary/aromatic N) is 1. The Kier molecular flexibility index (Phi) is 8.05. The highest BCUT2D eigenvalue weighted by atomic mass is 35.5. The van der Waals surface area contributed by atoms with Gasteiger partial charge >= 0.3 is 6.03 Å². The molecule has 3 amide bonds. The number of halogens is 1. The maximum absolute atomic E-state index is 12.5. The Balaban J connectivity index is 0.00000300. The molecule has 0 radical (unpaired) electrons. The number of benzene rings is 2. The van der Waals surface area contributed by atoms with Crippen LogP contribution in [0.2, 0.25) is 0 Å². The summed E-state index contributed by atoms with van der Waals surface area (Å²) in [4.78, 5) is 26.7. The van der Waals surface area contributed by atoms with Gasteiger partial charge in [0, 0.05) is 24.5 Å². The fourth-order valence-electron chi connectivity index (χ4n) is 3.51. The van der Waals surface area contributed by atoms with E-state index in [0.717, 1.165) is 34.5 Å². The maximum Gasteiger partial charge on any atom is 0.323 e. The lowest BCUT2D eigenvalue weighted by Crippen LogP contribution is -2.45. The molecule has 7 heteroatoms. The molecule has 0 spiro atoms. The van der Waals surface area contributed by atoms with Crippen molar-refractivity contribution in [3.05, 3.63) is 59.2 Å². The summed E-state index contributed by atoms with van der Waals surface area (Å²) in [5.41, 5.74) is 10.8. The molecule has 0 aliphatic carbocycles. The molecule has 0 fully saturated rings. The molecular weight excluding hydrogens is 388 g/mol. The van der Waals surface area contributed by atoms with Gasteiger partial charge in [0.2, 0.25) is 5.91 Å². The fourth-order valence-corrected chi connectivity index (χ4v) is 3.51. The smallest absolute Gasteiger partial charge is 0.323 e. The second kappa shape index (κ2) is 10.3. The van der Waals surface area contributed by atoms with E-state index in [1.165, 1.54) is 0 Å². The van der Waals surface area contributed by atoms with Crippen molar-refractivity contribution in [3.8, 4) is 0 Å². The molecule has 0 saturated carbocycles. The Labute approximate surface area is 178 Å². The fraction of sp³-hybridized carbons (Fsp3) is 0.364. The number of carbonyl (C=O) groups excluding carboxylic acids is 2. The van der Waals surface area contributed by atoms with Crippen LogP contribution in [0.3, 0.4) is 0 Å². The van der Waals surface area contributed by atoms with E-state index in [4.69, 9.17) is 5.73 Å². The van der Waals surface area contributed by atoms with Crippen LogP contribution in [0.4, 0.5) is 16.2 Å². The highest BCUT2D eigenvalue weighted by molar-refractivity contribution is 6.00. The van der Waals surface area contributed by atoms with Crippen LogP contribution in [0.5, 0.6) is 0 Å². The zero-order valence-corrected chi connectivity index (χ0v) is 17.7. The minimum atomic E-state index is -0.437. The number of amides is 3. The molecule has 1 aliphatic rings. The van der Waals surface area contributed by atoms with Gasteiger partial charge in [-0.25, -0.2) is 4.79 Å². The summed E-state index contributed by atoms with van der Waals surface area (Å²) in [5, 5.41) is 5.79. The summed E-state index contributed by atoms with van der Waals surface area (Å²) in [6.45, 7) is 5.17. The zero-order chi connectivity index (χ0) is 20.1. The van der Waals surface area contributed by atoms with E-state index in [2.05, 4.69) is 10.6 Å². The molecule has 3 rings (SSSR count). The summed E-state index contributed by atoms with van der Waals surface area (Å²) < 4.78 is 0. The van der Waals surface area contributed by atoms with Crippen molar-refractivity contribution in [3.63, 3.8) is 0 Å². The first kappa shape index (κ1) is 22.7. The number of fused-ring (bicyclic) bond motifs is 1. The van der Waals surface area contributed by atoms with E-state index in [0.29, 0.717) is 25.9 Å². The van der Waals surface area contributed by atoms with Crippen molar-refractivity contribution in [2.75, 3.05) is 17.2 Å². The van der Waals surface area contributed by atoms with Gasteiger partial charge < -0.3 is 21.3 Å². The van der Waals surface area contributed by atoms with E-state index >= 15 is 0 Å². The lowest BCUT2D eigenvalue weighted by molar-refractivity contribution is -0.133. The Morgan fingerprint density at radius 1 is 1.14 bits per heavy atom. The summed E-state index contributed by atoms with van der Waals surface area (Å²) in [6.07, 6.45) is 2.28. The van der Waals surface area contributed by atoms with Crippen LogP contribution < -0.4 is 16.4 Å². The molecule has 0 aromatic heterocycles. The van der Waals surface area contributed by atoms with E-state index in [1.54, 1.807) is 0 Å². The van der Waals surface area contributed by atoms with Crippen molar-refractivity contribution >= 4 is 35.7 Å².